The molecule has 20 heavy (non-hydrogen) atoms. The number of carbonyl (C=O) groups is 1. The van der Waals surface area contributed by atoms with Gasteiger partial charge < -0.3 is 10.4 Å². The van der Waals surface area contributed by atoms with Crippen molar-refractivity contribution in [2.24, 2.45) is 17.8 Å². The predicted molar refractivity (Wildman–Crippen MR) is 78.6 cm³/mol. The minimum Gasteiger partial charge on any atom is -0.481 e. The summed E-state index contributed by atoms with van der Waals surface area (Å²) in [4.78, 5) is 11.5. The van der Waals surface area contributed by atoms with Gasteiger partial charge in [-0.15, -0.1) is 0 Å². The van der Waals surface area contributed by atoms with Crippen LogP contribution in [-0.2, 0) is 4.79 Å². The van der Waals surface area contributed by atoms with E-state index in [2.05, 4.69) is 36.5 Å². The van der Waals surface area contributed by atoms with Crippen molar-refractivity contribution in [1.82, 2.24) is 5.32 Å². The summed E-state index contributed by atoms with van der Waals surface area (Å²) in [6, 6.07) is 10.6. The highest BCUT2D eigenvalue weighted by Crippen LogP contribution is 2.48. The first-order chi connectivity index (χ1) is 9.66. The Morgan fingerprint density at radius 1 is 1.30 bits per heavy atom. The van der Waals surface area contributed by atoms with Crippen LogP contribution in [0.5, 0.6) is 0 Å². The van der Waals surface area contributed by atoms with Gasteiger partial charge in [-0.1, -0.05) is 37.3 Å². The molecule has 1 aromatic carbocycles. The van der Waals surface area contributed by atoms with Crippen molar-refractivity contribution in [3.05, 3.63) is 35.9 Å². The minimum absolute atomic E-state index is 0.170. The van der Waals surface area contributed by atoms with Crippen molar-refractivity contribution in [2.45, 2.75) is 38.1 Å². The molecule has 2 bridgehead atoms. The van der Waals surface area contributed by atoms with Crippen LogP contribution in [0.25, 0.3) is 0 Å². The lowest BCUT2D eigenvalue weighted by atomic mass is 9.84. The van der Waals surface area contributed by atoms with Crippen LogP contribution in [-0.4, -0.2) is 23.7 Å². The first-order valence-electron chi connectivity index (χ1n) is 7.68. The summed E-state index contributed by atoms with van der Waals surface area (Å²) in [5.74, 6) is 0.620. The van der Waals surface area contributed by atoms with E-state index in [0.717, 1.165) is 19.4 Å². The second-order valence-electron chi connectivity index (χ2n) is 6.44. The van der Waals surface area contributed by atoms with Gasteiger partial charge in [-0.2, -0.15) is 0 Å². The van der Waals surface area contributed by atoms with Crippen molar-refractivity contribution in [1.29, 1.82) is 0 Å². The highest BCUT2D eigenvalue weighted by molar-refractivity contribution is 5.72. The Morgan fingerprint density at radius 3 is 2.70 bits per heavy atom. The summed E-state index contributed by atoms with van der Waals surface area (Å²) >= 11 is 0. The van der Waals surface area contributed by atoms with Crippen molar-refractivity contribution >= 4 is 5.97 Å². The average molecular weight is 273 g/mol. The van der Waals surface area contributed by atoms with Gasteiger partial charge >= 0.3 is 5.97 Å². The smallest absolute Gasteiger partial charge is 0.308 e. The van der Waals surface area contributed by atoms with E-state index in [0.29, 0.717) is 17.8 Å². The fourth-order valence-corrected chi connectivity index (χ4v) is 4.15. The quantitative estimate of drug-likeness (QED) is 0.867. The van der Waals surface area contributed by atoms with E-state index in [1.54, 1.807) is 0 Å². The third-order valence-corrected chi connectivity index (χ3v) is 5.23. The Morgan fingerprint density at radius 2 is 2.00 bits per heavy atom. The molecule has 3 nitrogen and oxygen atoms in total. The Bertz CT molecular complexity index is 473. The maximum Gasteiger partial charge on any atom is 0.308 e. The molecule has 0 aromatic heterocycles. The summed E-state index contributed by atoms with van der Waals surface area (Å²) in [6.45, 7) is 3.06. The highest BCUT2D eigenvalue weighted by Gasteiger charge is 2.50. The van der Waals surface area contributed by atoms with Crippen molar-refractivity contribution < 1.29 is 9.90 Å². The molecule has 108 valence electrons. The molecule has 0 aliphatic heterocycles. The number of nitrogens with one attached hydrogen (secondary N) is 1. The van der Waals surface area contributed by atoms with Crippen molar-refractivity contribution in [2.75, 3.05) is 6.54 Å². The van der Waals surface area contributed by atoms with Crippen LogP contribution in [0.1, 0.15) is 37.7 Å². The lowest BCUT2D eigenvalue weighted by Crippen LogP contribution is -2.45. The zero-order chi connectivity index (χ0) is 14.1. The molecular weight excluding hydrogens is 250 g/mol. The summed E-state index contributed by atoms with van der Waals surface area (Å²) in [5.41, 5.74) is 1.31. The molecular formula is C17H23NO2. The molecule has 2 fully saturated rings. The third-order valence-electron chi connectivity index (χ3n) is 5.23. The molecule has 0 saturated heterocycles. The molecule has 5 atom stereocenters. The van der Waals surface area contributed by atoms with Gasteiger partial charge in [-0.05, 0) is 42.6 Å². The Hall–Kier alpha value is -1.35. The van der Waals surface area contributed by atoms with E-state index in [9.17, 15) is 9.90 Å². The summed E-state index contributed by atoms with van der Waals surface area (Å²) < 4.78 is 0. The SMILES string of the molecule is CC(CNC1C2CCC(C2)C1C(=O)O)c1ccccc1. The standard InChI is InChI=1S/C17H23NO2/c1-11(12-5-3-2-4-6-12)10-18-16-14-8-7-13(9-14)15(16)17(19)20/h2-6,11,13-16,18H,7-10H2,1H3,(H,19,20). The molecule has 0 heterocycles. The largest absolute Gasteiger partial charge is 0.481 e. The number of aliphatic carboxylic acids is 1. The van der Waals surface area contributed by atoms with E-state index in [1.165, 1.54) is 12.0 Å². The maximum absolute atomic E-state index is 11.5. The van der Waals surface area contributed by atoms with Crippen LogP contribution in [0.3, 0.4) is 0 Å². The predicted octanol–water partition coefficient (Wildman–Crippen LogP) is 2.88. The number of benzene rings is 1. The lowest BCUT2D eigenvalue weighted by molar-refractivity contribution is -0.144. The van der Waals surface area contributed by atoms with Crippen LogP contribution in [0.2, 0.25) is 0 Å². The van der Waals surface area contributed by atoms with E-state index in [4.69, 9.17) is 0 Å². The Kier molecular flexibility index (Phi) is 3.79. The van der Waals surface area contributed by atoms with Crippen LogP contribution in [0.4, 0.5) is 0 Å². The van der Waals surface area contributed by atoms with Gasteiger partial charge in [0.2, 0.25) is 0 Å². The Balaban J connectivity index is 1.62. The number of carboxylic acid groups (broad SMARTS) is 1. The number of hydrogen-bond acceptors (Lipinski definition) is 2. The number of rotatable bonds is 5. The zero-order valence-electron chi connectivity index (χ0n) is 12.0. The van der Waals surface area contributed by atoms with Gasteiger partial charge in [0, 0.05) is 12.6 Å². The molecule has 3 heteroatoms. The monoisotopic (exact) mass is 273 g/mol. The zero-order valence-corrected chi connectivity index (χ0v) is 12.0. The Labute approximate surface area is 120 Å². The van der Waals surface area contributed by atoms with E-state index < -0.39 is 5.97 Å². The van der Waals surface area contributed by atoms with Crippen molar-refractivity contribution in [3.8, 4) is 0 Å². The fraction of sp³-hybridized carbons (Fsp3) is 0.588. The van der Waals surface area contributed by atoms with Gasteiger partial charge in [-0.25, -0.2) is 0 Å². The number of carboxylic acids is 1. The van der Waals surface area contributed by atoms with Crippen LogP contribution in [0, 0.1) is 17.8 Å². The van der Waals surface area contributed by atoms with Crippen LogP contribution in [0.15, 0.2) is 30.3 Å². The van der Waals surface area contributed by atoms with Gasteiger partial charge in [0.05, 0.1) is 5.92 Å². The highest BCUT2D eigenvalue weighted by atomic mass is 16.4. The van der Waals surface area contributed by atoms with Crippen molar-refractivity contribution in [3.63, 3.8) is 0 Å². The summed E-state index contributed by atoms with van der Waals surface area (Å²) in [7, 11) is 0. The molecule has 0 radical (unpaired) electrons. The van der Waals surface area contributed by atoms with Crippen LogP contribution < -0.4 is 5.32 Å². The molecule has 1 aromatic rings. The first-order valence-corrected chi connectivity index (χ1v) is 7.68. The summed E-state index contributed by atoms with van der Waals surface area (Å²) in [5, 5.41) is 13.0. The van der Waals surface area contributed by atoms with E-state index in [1.807, 2.05) is 6.07 Å². The maximum atomic E-state index is 11.5. The van der Waals surface area contributed by atoms with Gasteiger partial charge in [0.1, 0.15) is 0 Å². The third kappa shape index (κ3) is 2.47. The van der Waals surface area contributed by atoms with Gasteiger partial charge in [-0.3, -0.25) is 4.79 Å². The molecule has 0 spiro atoms. The second kappa shape index (κ2) is 5.57. The molecule has 0 amide bonds. The average Bonchev–Trinajstić information content (AvgIpc) is 3.06. The van der Waals surface area contributed by atoms with E-state index in [-0.39, 0.29) is 12.0 Å². The molecule has 2 saturated carbocycles. The number of hydrogen-bond donors (Lipinski definition) is 2. The summed E-state index contributed by atoms with van der Waals surface area (Å²) in [6.07, 6.45) is 3.41. The molecule has 5 unspecified atom stereocenters. The normalized spacial score (nSPS) is 33.2. The molecule has 3 rings (SSSR count). The molecule has 2 N–H and O–H groups in total. The fourth-order valence-electron chi connectivity index (χ4n) is 4.15. The van der Waals surface area contributed by atoms with Gasteiger partial charge in [0.25, 0.3) is 0 Å². The molecule has 2 aliphatic carbocycles. The number of fused-ring (bicyclic) bond motifs is 2. The lowest BCUT2D eigenvalue weighted by Gasteiger charge is -2.30. The van der Waals surface area contributed by atoms with Gasteiger partial charge in [0.15, 0.2) is 0 Å². The minimum atomic E-state index is -0.609. The van der Waals surface area contributed by atoms with E-state index >= 15 is 0 Å². The second-order valence-corrected chi connectivity index (χ2v) is 6.44. The van der Waals surface area contributed by atoms with Crippen LogP contribution >= 0.6 is 0 Å². The topological polar surface area (TPSA) is 49.3 Å². The first kappa shape index (κ1) is 13.6. The molecule has 2 aliphatic rings.